The second kappa shape index (κ2) is 4.87. The van der Waals surface area contributed by atoms with Crippen LogP contribution in [0, 0.1) is 18.6 Å². The summed E-state index contributed by atoms with van der Waals surface area (Å²) in [5.74, 6) is 0. The van der Waals surface area contributed by atoms with E-state index in [1.807, 2.05) is 19.1 Å². The van der Waals surface area contributed by atoms with Gasteiger partial charge in [0.15, 0.2) is 10.4 Å². The Labute approximate surface area is 123 Å². The van der Waals surface area contributed by atoms with Crippen LogP contribution in [0.3, 0.4) is 0 Å². The van der Waals surface area contributed by atoms with Crippen LogP contribution >= 0.6 is 12.2 Å². The number of benzene rings is 1. The van der Waals surface area contributed by atoms with Crippen molar-refractivity contribution in [2.75, 3.05) is 0 Å². The van der Waals surface area contributed by atoms with Gasteiger partial charge in [-0.05, 0) is 56.2 Å². The number of pyridine rings is 1. The molecule has 2 heterocycles. The number of fused-ring (bicyclic) bond motifs is 1. The summed E-state index contributed by atoms with van der Waals surface area (Å²) in [5, 5.41) is 0. The Bertz CT molecular complexity index is 829. The summed E-state index contributed by atoms with van der Waals surface area (Å²) >= 11 is 5.48. The van der Waals surface area contributed by atoms with Crippen LogP contribution in [-0.4, -0.2) is 14.5 Å². The Balaban J connectivity index is 2.24. The average Bonchev–Trinajstić information content (AvgIpc) is 2.74. The Morgan fingerprint density at radius 3 is 2.65 bits per heavy atom. The highest BCUT2D eigenvalue weighted by molar-refractivity contribution is 7.71. The van der Waals surface area contributed by atoms with Crippen molar-refractivity contribution in [3.8, 4) is 0 Å². The molecule has 1 N–H and O–H groups in total. The third kappa shape index (κ3) is 2.06. The summed E-state index contributed by atoms with van der Waals surface area (Å²) in [6, 6.07) is 12.6. The molecule has 0 radical (unpaired) electrons. The summed E-state index contributed by atoms with van der Waals surface area (Å²) in [5.41, 5.74) is 5.45. The van der Waals surface area contributed by atoms with Crippen LogP contribution in [0.1, 0.15) is 29.8 Å². The molecule has 102 valence electrons. The minimum absolute atomic E-state index is 0.159. The van der Waals surface area contributed by atoms with Crippen molar-refractivity contribution >= 4 is 23.4 Å². The van der Waals surface area contributed by atoms with E-state index in [-0.39, 0.29) is 6.04 Å². The van der Waals surface area contributed by atoms with Gasteiger partial charge in [0.1, 0.15) is 0 Å². The molecule has 0 aliphatic carbocycles. The zero-order chi connectivity index (χ0) is 14.3. The molecule has 0 saturated heterocycles. The molecule has 3 aromatic rings. The maximum Gasteiger partial charge on any atom is 0.179 e. The lowest BCUT2D eigenvalue weighted by atomic mass is 10.0. The first kappa shape index (κ1) is 13.1. The van der Waals surface area contributed by atoms with Crippen molar-refractivity contribution in [3.63, 3.8) is 0 Å². The molecule has 2 aromatic heterocycles. The maximum absolute atomic E-state index is 5.48. The Morgan fingerprint density at radius 2 is 1.90 bits per heavy atom. The number of rotatable bonds is 2. The van der Waals surface area contributed by atoms with Gasteiger partial charge in [-0.2, -0.15) is 0 Å². The summed E-state index contributed by atoms with van der Waals surface area (Å²) in [6.45, 7) is 6.29. The van der Waals surface area contributed by atoms with E-state index in [9.17, 15) is 0 Å². The molecular weight excluding hydrogens is 266 g/mol. The van der Waals surface area contributed by atoms with Crippen LogP contribution in [-0.2, 0) is 0 Å². The van der Waals surface area contributed by atoms with Crippen molar-refractivity contribution < 1.29 is 0 Å². The molecule has 0 fully saturated rings. The van der Waals surface area contributed by atoms with Crippen molar-refractivity contribution in [1.29, 1.82) is 0 Å². The third-order valence-corrected chi connectivity index (χ3v) is 4.03. The zero-order valence-electron chi connectivity index (χ0n) is 11.8. The molecule has 20 heavy (non-hydrogen) atoms. The number of hydrogen-bond donors (Lipinski definition) is 1. The maximum atomic E-state index is 5.48. The first-order valence-electron chi connectivity index (χ1n) is 6.71. The Kier molecular flexibility index (Phi) is 3.18. The fraction of sp³-hybridized carbons (Fsp3) is 0.250. The van der Waals surface area contributed by atoms with Crippen LogP contribution < -0.4 is 0 Å². The minimum Gasteiger partial charge on any atom is -0.329 e. The standard InChI is InChI=1S/C16H17N3S/c1-10-6-4-5-7-13(10)12(3)19-15-14(18-16(19)20)9-8-11(2)17-15/h4-9,12H,1-3H3,(H,18,20). The average molecular weight is 283 g/mol. The highest BCUT2D eigenvalue weighted by Crippen LogP contribution is 2.25. The fourth-order valence-corrected chi connectivity index (χ4v) is 3.00. The molecular formula is C16H17N3S. The summed E-state index contributed by atoms with van der Waals surface area (Å²) < 4.78 is 2.81. The van der Waals surface area contributed by atoms with Gasteiger partial charge in [-0.15, -0.1) is 0 Å². The van der Waals surface area contributed by atoms with Crippen molar-refractivity contribution in [3.05, 3.63) is 58.0 Å². The number of aromatic amines is 1. The van der Waals surface area contributed by atoms with E-state index in [1.54, 1.807) is 0 Å². The van der Waals surface area contributed by atoms with Gasteiger partial charge in [-0.3, -0.25) is 4.57 Å². The number of nitrogens with one attached hydrogen (secondary N) is 1. The lowest BCUT2D eigenvalue weighted by Gasteiger charge is -2.17. The van der Waals surface area contributed by atoms with Gasteiger partial charge in [0.25, 0.3) is 0 Å². The van der Waals surface area contributed by atoms with Gasteiger partial charge in [-0.25, -0.2) is 4.98 Å². The van der Waals surface area contributed by atoms with Crippen molar-refractivity contribution in [2.24, 2.45) is 0 Å². The summed E-state index contributed by atoms with van der Waals surface area (Å²) in [7, 11) is 0. The van der Waals surface area contributed by atoms with Crippen molar-refractivity contribution in [2.45, 2.75) is 26.8 Å². The lowest BCUT2D eigenvalue weighted by molar-refractivity contribution is 0.640. The smallest absolute Gasteiger partial charge is 0.179 e. The number of H-pyrrole nitrogens is 1. The Hall–Kier alpha value is -1.94. The molecule has 3 nitrogen and oxygen atoms in total. The molecule has 0 bridgehead atoms. The largest absolute Gasteiger partial charge is 0.329 e. The monoisotopic (exact) mass is 283 g/mol. The predicted molar refractivity (Wildman–Crippen MR) is 84.6 cm³/mol. The second-order valence-electron chi connectivity index (χ2n) is 5.16. The lowest BCUT2D eigenvalue weighted by Crippen LogP contribution is -2.09. The quantitative estimate of drug-likeness (QED) is 0.711. The number of aromatic nitrogens is 3. The molecule has 0 amide bonds. The molecule has 0 aliphatic heterocycles. The molecule has 1 atom stereocenters. The van der Waals surface area contributed by atoms with Crippen LogP contribution in [0.2, 0.25) is 0 Å². The van der Waals surface area contributed by atoms with E-state index in [2.05, 4.69) is 52.6 Å². The van der Waals surface area contributed by atoms with Gasteiger partial charge in [0.05, 0.1) is 11.6 Å². The Morgan fingerprint density at radius 1 is 1.15 bits per heavy atom. The van der Waals surface area contributed by atoms with Gasteiger partial charge in [0.2, 0.25) is 0 Å². The molecule has 1 aromatic carbocycles. The van der Waals surface area contributed by atoms with Crippen LogP contribution in [0.15, 0.2) is 36.4 Å². The predicted octanol–water partition coefficient (Wildman–Crippen LogP) is 4.32. The van der Waals surface area contributed by atoms with Gasteiger partial charge < -0.3 is 4.98 Å². The van der Waals surface area contributed by atoms with Gasteiger partial charge >= 0.3 is 0 Å². The summed E-state index contributed by atoms with van der Waals surface area (Å²) in [4.78, 5) is 7.88. The van der Waals surface area contributed by atoms with Crippen LogP contribution in [0.5, 0.6) is 0 Å². The summed E-state index contributed by atoms with van der Waals surface area (Å²) in [6.07, 6.45) is 0. The minimum atomic E-state index is 0.159. The molecule has 0 aliphatic rings. The van der Waals surface area contributed by atoms with Gasteiger partial charge in [-0.1, -0.05) is 24.3 Å². The highest BCUT2D eigenvalue weighted by atomic mass is 32.1. The molecule has 1 unspecified atom stereocenters. The number of imidazole rings is 1. The fourth-order valence-electron chi connectivity index (χ4n) is 2.65. The SMILES string of the molecule is Cc1ccc2[nH]c(=S)n(C(C)c3ccccc3C)c2n1. The molecule has 4 heteroatoms. The van der Waals surface area contributed by atoms with E-state index in [0.717, 1.165) is 16.9 Å². The van der Waals surface area contributed by atoms with Crippen molar-refractivity contribution in [1.82, 2.24) is 14.5 Å². The normalized spacial score (nSPS) is 12.8. The van der Waals surface area contributed by atoms with E-state index >= 15 is 0 Å². The molecule has 0 spiro atoms. The van der Waals surface area contributed by atoms with Gasteiger partial charge in [0, 0.05) is 5.69 Å². The second-order valence-corrected chi connectivity index (χ2v) is 5.54. The third-order valence-electron chi connectivity index (χ3n) is 3.73. The first-order valence-corrected chi connectivity index (χ1v) is 7.12. The van der Waals surface area contributed by atoms with E-state index < -0.39 is 0 Å². The number of nitrogens with zero attached hydrogens (tertiary/aromatic N) is 2. The van der Waals surface area contributed by atoms with E-state index in [4.69, 9.17) is 12.2 Å². The highest BCUT2D eigenvalue weighted by Gasteiger charge is 2.15. The topological polar surface area (TPSA) is 33.6 Å². The zero-order valence-corrected chi connectivity index (χ0v) is 12.7. The van der Waals surface area contributed by atoms with Crippen LogP contribution in [0.25, 0.3) is 11.2 Å². The molecule has 0 saturated carbocycles. The van der Waals surface area contributed by atoms with E-state index in [0.29, 0.717) is 4.77 Å². The number of hydrogen-bond acceptors (Lipinski definition) is 2. The molecule has 3 rings (SSSR count). The number of aryl methyl sites for hydroxylation is 2. The van der Waals surface area contributed by atoms with E-state index in [1.165, 1.54) is 11.1 Å². The van der Waals surface area contributed by atoms with Crippen LogP contribution in [0.4, 0.5) is 0 Å². The first-order chi connectivity index (χ1) is 9.58.